The Kier molecular flexibility index (Phi) is 14.2. The first-order chi connectivity index (χ1) is 19.8. The Hall–Kier alpha value is -3.21. The Bertz CT molecular complexity index is 1340. The zero-order valence-corrected chi connectivity index (χ0v) is 25.5. The van der Waals surface area contributed by atoms with Gasteiger partial charge in [-0.05, 0) is 74.1 Å². The summed E-state index contributed by atoms with van der Waals surface area (Å²) in [7, 11) is 0. The summed E-state index contributed by atoms with van der Waals surface area (Å²) in [5.74, 6) is -2.04. The molecule has 0 saturated heterocycles. The minimum Gasteiger partial charge on any atom is -0.481 e. The number of amides is 1. The van der Waals surface area contributed by atoms with E-state index in [0.717, 1.165) is 21.7 Å². The fourth-order valence-corrected chi connectivity index (χ4v) is 4.89. The van der Waals surface area contributed by atoms with Crippen molar-refractivity contribution in [3.8, 4) is 5.75 Å². The van der Waals surface area contributed by atoms with Crippen molar-refractivity contribution in [2.45, 2.75) is 39.0 Å². The molecule has 6 nitrogen and oxygen atoms in total. The highest BCUT2D eigenvalue weighted by atomic mass is 35.5. The van der Waals surface area contributed by atoms with Gasteiger partial charge in [-0.25, -0.2) is 0 Å². The van der Waals surface area contributed by atoms with Crippen molar-refractivity contribution in [3.05, 3.63) is 99.1 Å². The number of aliphatic imine (C=N–C) groups is 1. The molecule has 2 rings (SSSR count). The molecule has 0 aromatic heterocycles. The lowest BCUT2D eigenvalue weighted by molar-refractivity contribution is -0.274. The molecule has 0 aliphatic carbocycles. The van der Waals surface area contributed by atoms with Crippen LogP contribution in [0.1, 0.15) is 47.7 Å². The predicted octanol–water partition coefficient (Wildman–Crippen LogP) is 8.09. The second-order valence-electron chi connectivity index (χ2n) is 9.02. The van der Waals surface area contributed by atoms with Crippen LogP contribution < -0.4 is 10.1 Å². The second kappa shape index (κ2) is 17.0. The molecule has 1 unspecified atom stereocenters. The van der Waals surface area contributed by atoms with Gasteiger partial charge in [0.05, 0.1) is 18.0 Å². The van der Waals surface area contributed by atoms with E-state index in [4.69, 9.17) is 33.3 Å². The number of carbonyl (C=O) groups is 2. The fourth-order valence-electron chi connectivity index (χ4n) is 3.72. The number of nitrogens with one attached hydrogen (secondary N) is 1. The van der Waals surface area contributed by atoms with E-state index in [2.05, 4.69) is 10.1 Å². The molecule has 0 aliphatic rings. The lowest BCUT2D eigenvalue weighted by Crippen LogP contribution is -2.25. The van der Waals surface area contributed by atoms with Gasteiger partial charge in [-0.2, -0.15) is 0 Å². The molecule has 0 heterocycles. The maximum Gasteiger partial charge on any atom is 0.573 e. The van der Waals surface area contributed by atoms with Crippen LogP contribution in [0.5, 0.6) is 5.75 Å². The van der Waals surface area contributed by atoms with Crippen LogP contribution in [0, 0.1) is 0 Å². The molecule has 0 bridgehead atoms. The third-order valence-electron chi connectivity index (χ3n) is 5.72. The minimum atomic E-state index is -4.80. The zero-order valence-electron chi connectivity index (χ0n) is 23.2. The number of carboxylic acid groups (broad SMARTS) is 1. The Morgan fingerprint density at radius 1 is 1.07 bits per heavy atom. The molecule has 0 fully saturated rings. The Morgan fingerprint density at radius 2 is 1.71 bits per heavy atom. The molecule has 0 saturated carbocycles. The summed E-state index contributed by atoms with van der Waals surface area (Å²) in [6.45, 7) is 4.01. The molecule has 42 heavy (non-hydrogen) atoms. The number of hydrogen-bond acceptors (Lipinski definition) is 5. The van der Waals surface area contributed by atoms with Gasteiger partial charge in [0, 0.05) is 28.1 Å². The largest absolute Gasteiger partial charge is 0.573 e. The Morgan fingerprint density at radius 3 is 2.26 bits per heavy atom. The van der Waals surface area contributed by atoms with Gasteiger partial charge in [-0.3, -0.25) is 14.6 Å². The number of benzene rings is 2. The highest BCUT2D eigenvalue weighted by Crippen LogP contribution is 2.31. The van der Waals surface area contributed by atoms with E-state index in [-0.39, 0.29) is 24.6 Å². The number of allylic oxidation sites excluding steroid dienone is 5. The highest BCUT2D eigenvalue weighted by molar-refractivity contribution is 8.13. The molecular formula is C30H31Cl2F3N2O4S. The van der Waals surface area contributed by atoms with Gasteiger partial charge in [0.25, 0.3) is 5.91 Å². The molecule has 0 aliphatic heterocycles. The number of rotatable bonds is 13. The van der Waals surface area contributed by atoms with Crippen molar-refractivity contribution in [2.24, 2.45) is 4.99 Å². The van der Waals surface area contributed by atoms with E-state index in [1.165, 1.54) is 23.9 Å². The lowest BCUT2D eigenvalue weighted by Gasteiger charge is -2.20. The van der Waals surface area contributed by atoms with E-state index in [0.29, 0.717) is 28.6 Å². The number of carboxylic acids is 1. The summed E-state index contributed by atoms with van der Waals surface area (Å²) >= 11 is 13.7. The lowest BCUT2D eigenvalue weighted by atomic mass is 9.92. The van der Waals surface area contributed by atoms with E-state index >= 15 is 0 Å². The smallest absolute Gasteiger partial charge is 0.481 e. The van der Waals surface area contributed by atoms with Crippen LogP contribution in [0.3, 0.4) is 0 Å². The van der Waals surface area contributed by atoms with E-state index < -0.39 is 18.2 Å². The Balaban J connectivity index is 2.35. The standard InChI is InChI=1S/C30H31Cl2F3N2O4S/c1-4-23(31)17-24(32)15-19(2)18-37-29(42-3)26(21-9-11-25(12-10-21)41-30(33,34)35)16-20-5-7-22(8-6-20)28(40)36-14-13-27(38)39/h4-12,15,17,26H,13-14,16,18H2,1-3H3,(H,36,40)(H,38,39)/b19-15+,23-4+,24-17+,37-29?. The third kappa shape index (κ3) is 12.8. The van der Waals surface area contributed by atoms with Crippen LogP contribution in [0.25, 0.3) is 0 Å². The maximum atomic E-state index is 12.7. The van der Waals surface area contributed by atoms with E-state index in [9.17, 15) is 22.8 Å². The summed E-state index contributed by atoms with van der Waals surface area (Å²) in [5, 5.41) is 13.0. The molecule has 2 aromatic carbocycles. The van der Waals surface area contributed by atoms with E-state index in [1.807, 2.05) is 13.2 Å². The first-order valence-corrected chi connectivity index (χ1v) is 14.7. The average Bonchev–Trinajstić information content (AvgIpc) is 2.92. The van der Waals surface area contributed by atoms with E-state index in [1.54, 1.807) is 61.5 Å². The molecule has 226 valence electrons. The summed E-state index contributed by atoms with van der Waals surface area (Å²) < 4.78 is 42.1. The van der Waals surface area contributed by atoms with Crippen molar-refractivity contribution in [3.63, 3.8) is 0 Å². The molecule has 1 amide bonds. The topological polar surface area (TPSA) is 88.0 Å². The molecule has 1 atom stereocenters. The first-order valence-electron chi connectivity index (χ1n) is 12.7. The number of carbonyl (C=O) groups excluding carboxylic acids is 1. The molecule has 0 radical (unpaired) electrons. The molecular weight excluding hydrogens is 612 g/mol. The van der Waals surface area contributed by atoms with Gasteiger partial charge < -0.3 is 15.2 Å². The van der Waals surface area contributed by atoms with Crippen LogP contribution >= 0.6 is 35.0 Å². The first kappa shape index (κ1) is 35.0. The highest BCUT2D eigenvalue weighted by Gasteiger charge is 2.31. The average molecular weight is 644 g/mol. The third-order valence-corrected chi connectivity index (χ3v) is 7.10. The maximum absolute atomic E-state index is 12.7. The van der Waals surface area contributed by atoms with Crippen LogP contribution in [0.4, 0.5) is 13.2 Å². The van der Waals surface area contributed by atoms with Gasteiger partial charge in [0.1, 0.15) is 5.75 Å². The monoisotopic (exact) mass is 642 g/mol. The second-order valence-corrected chi connectivity index (χ2v) is 10.7. The normalized spacial score (nSPS) is 14.0. The van der Waals surface area contributed by atoms with Crippen molar-refractivity contribution in [1.82, 2.24) is 5.32 Å². The number of aliphatic carboxylic acids is 1. The number of nitrogens with zero attached hydrogens (tertiary/aromatic N) is 1. The van der Waals surface area contributed by atoms with Crippen LogP contribution in [0.2, 0.25) is 0 Å². The number of alkyl halides is 3. The van der Waals surface area contributed by atoms with Crippen molar-refractivity contribution in [1.29, 1.82) is 0 Å². The molecule has 0 spiro atoms. The van der Waals surface area contributed by atoms with Crippen LogP contribution in [-0.2, 0) is 11.2 Å². The zero-order chi connectivity index (χ0) is 31.3. The summed E-state index contributed by atoms with van der Waals surface area (Å²) in [6.07, 6.45) is 2.42. The molecule has 2 N–H and O–H groups in total. The van der Waals surface area contributed by atoms with Crippen LogP contribution in [0.15, 0.2) is 87.4 Å². The predicted molar refractivity (Wildman–Crippen MR) is 164 cm³/mol. The molecule has 12 heteroatoms. The fraction of sp³-hybridized carbons (Fsp3) is 0.300. The number of ether oxygens (including phenoxy) is 1. The quantitative estimate of drug-likeness (QED) is 0.131. The Labute approximate surface area is 257 Å². The van der Waals surface area contributed by atoms with Crippen molar-refractivity contribution in [2.75, 3.05) is 19.3 Å². The summed E-state index contributed by atoms with van der Waals surface area (Å²) in [6, 6.07) is 12.5. The van der Waals surface area contributed by atoms with Crippen molar-refractivity contribution < 1.29 is 32.6 Å². The summed E-state index contributed by atoms with van der Waals surface area (Å²) in [5.41, 5.74) is 2.83. The van der Waals surface area contributed by atoms with Crippen molar-refractivity contribution >= 4 is 51.9 Å². The molecule has 2 aromatic rings. The number of hydrogen-bond donors (Lipinski definition) is 2. The van der Waals surface area contributed by atoms with Gasteiger partial charge in [-0.1, -0.05) is 59.1 Å². The SMILES string of the molecule is C\C=C(Cl)/C=C(Cl)\C=C(/C)CN=C(SC)C(Cc1ccc(C(=O)NCCC(=O)O)cc1)c1ccc(OC(F)(F)F)cc1. The van der Waals surface area contributed by atoms with Gasteiger partial charge in [0.15, 0.2) is 0 Å². The minimum absolute atomic E-state index is 0.0107. The number of thioether (sulfide) groups is 1. The van der Waals surface area contributed by atoms with Gasteiger partial charge >= 0.3 is 12.3 Å². The number of halogens is 5. The summed E-state index contributed by atoms with van der Waals surface area (Å²) in [4.78, 5) is 27.8. The van der Waals surface area contributed by atoms with Gasteiger partial charge in [0.2, 0.25) is 0 Å². The van der Waals surface area contributed by atoms with Gasteiger partial charge in [-0.15, -0.1) is 24.9 Å². The van der Waals surface area contributed by atoms with Crippen LogP contribution in [-0.4, -0.2) is 47.7 Å².